The van der Waals surface area contributed by atoms with Crippen molar-refractivity contribution >= 4 is 5.91 Å². The lowest BCUT2D eigenvalue weighted by atomic mass is 9.94. The highest BCUT2D eigenvalue weighted by molar-refractivity contribution is 5.73. The topological polar surface area (TPSA) is 178 Å². The molecule has 11 heteroatoms. The third-order valence-corrected chi connectivity index (χ3v) is 4.64. The molecule has 0 bridgehead atoms. The van der Waals surface area contributed by atoms with Gasteiger partial charge in [-0.15, -0.1) is 0 Å². The third kappa shape index (κ3) is 4.32. The van der Waals surface area contributed by atoms with Crippen LogP contribution in [-0.4, -0.2) is 111 Å². The molecule has 2 fully saturated rings. The summed E-state index contributed by atoms with van der Waals surface area (Å²) in [6.45, 7) is 1.64. The van der Waals surface area contributed by atoms with E-state index in [4.69, 9.17) is 14.2 Å². The van der Waals surface area contributed by atoms with Crippen LogP contribution in [0.15, 0.2) is 0 Å². The Balaban J connectivity index is 2.18. The van der Waals surface area contributed by atoms with Crippen molar-refractivity contribution in [2.75, 3.05) is 13.2 Å². The summed E-state index contributed by atoms with van der Waals surface area (Å²) in [7, 11) is 0. The number of carbonyl (C=O) groups excluding carboxylic acids is 1. The van der Waals surface area contributed by atoms with E-state index < -0.39 is 80.3 Å². The van der Waals surface area contributed by atoms with Gasteiger partial charge in [-0.25, -0.2) is 0 Å². The molecule has 1 amide bonds. The molecule has 2 saturated heterocycles. The zero-order valence-electron chi connectivity index (χ0n) is 14.5. The number of hydrogen-bond donors (Lipinski definition) is 7. The molecule has 2 aliphatic rings. The molecule has 0 aromatic rings. The van der Waals surface area contributed by atoms with Crippen LogP contribution in [0.5, 0.6) is 0 Å². The molecule has 0 radical (unpaired) electrons. The molecular formula is C15H27NO10. The van der Waals surface area contributed by atoms with Crippen LogP contribution in [0.1, 0.15) is 13.8 Å². The molecular weight excluding hydrogens is 354 g/mol. The second-order valence-corrected chi connectivity index (χ2v) is 6.58. The van der Waals surface area contributed by atoms with Crippen molar-refractivity contribution < 1.29 is 49.6 Å². The number of aliphatic hydroxyl groups is 6. The fourth-order valence-corrected chi connectivity index (χ4v) is 3.21. The molecule has 152 valence electrons. The van der Waals surface area contributed by atoms with Gasteiger partial charge in [0, 0.05) is 6.92 Å². The average Bonchev–Trinajstić information content (AvgIpc) is 2.60. The Morgan fingerprint density at radius 1 is 0.962 bits per heavy atom. The van der Waals surface area contributed by atoms with Gasteiger partial charge in [-0.05, 0) is 6.92 Å². The fourth-order valence-electron chi connectivity index (χ4n) is 3.21. The van der Waals surface area contributed by atoms with Crippen molar-refractivity contribution in [1.29, 1.82) is 0 Å². The van der Waals surface area contributed by atoms with E-state index in [0.717, 1.165) is 0 Å². The molecule has 2 rings (SSSR count). The van der Waals surface area contributed by atoms with Crippen LogP contribution >= 0.6 is 0 Å². The van der Waals surface area contributed by atoms with Crippen molar-refractivity contribution in [1.82, 2.24) is 5.32 Å². The van der Waals surface area contributed by atoms with E-state index in [1.807, 2.05) is 0 Å². The SMILES string of the molecule is CC(=O)NC1C(O)[C@H](O)C(CO)O[C@H]1OC1[C@@H](O)[C@H](O)C(CO)O[C@@H]1C. The summed E-state index contributed by atoms with van der Waals surface area (Å²) < 4.78 is 16.5. The van der Waals surface area contributed by atoms with Crippen molar-refractivity contribution in [3.63, 3.8) is 0 Å². The van der Waals surface area contributed by atoms with Gasteiger partial charge in [-0.2, -0.15) is 0 Å². The number of rotatable bonds is 5. The quantitative estimate of drug-likeness (QED) is 0.247. The second-order valence-electron chi connectivity index (χ2n) is 6.58. The molecule has 5 unspecified atom stereocenters. The molecule has 10 atom stereocenters. The first kappa shape index (κ1) is 21.4. The van der Waals surface area contributed by atoms with Crippen LogP contribution in [0.25, 0.3) is 0 Å². The van der Waals surface area contributed by atoms with Crippen molar-refractivity contribution in [2.45, 2.75) is 75.0 Å². The standard InChI is InChI=1S/C15H27NO10/c1-5-14(13(23)11(21)7(3-17)24-5)26-15-9(16-6(2)19)12(22)10(20)8(4-18)25-15/h5,7-15,17-18,20-23H,3-4H2,1-2H3,(H,16,19)/t5-,7?,8?,9?,10-,11-,12?,13+,14?,15+/m1/s1. The summed E-state index contributed by atoms with van der Waals surface area (Å²) in [6, 6.07) is -1.18. The lowest BCUT2D eigenvalue weighted by Crippen LogP contribution is -2.67. The van der Waals surface area contributed by atoms with Crippen molar-refractivity contribution in [3.05, 3.63) is 0 Å². The van der Waals surface area contributed by atoms with Gasteiger partial charge >= 0.3 is 0 Å². The van der Waals surface area contributed by atoms with Gasteiger partial charge in [0.05, 0.1) is 19.3 Å². The highest BCUT2D eigenvalue weighted by atomic mass is 16.7. The minimum atomic E-state index is -1.50. The van der Waals surface area contributed by atoms with Crippen LogP contribution in [0, 0.1) is 0 Å². The molecule has 2 aliphatic heterocycles. The monoisotopic (exact) mass is 381 g/mol. The maximum atomic E-state index is 11.4. The van der Waals surface area contributed by atoms with Crippen LogP contribution in [0.2, 0.25) is 0 Å². The largest absolute Gasteiger partial charge is 0.394 e. The predicted molar refractivity (Wildman–Crippen MR) is 83.7 cm³/mol. The van der Waals surface area contributed by atoms with E-state index in [0.29, 0.717) is 0 Å². The first-order valence-electron chi connectivity index (χ1n) is 8.38. The van der Waals surface area contributed by atoms with Gasteiger partial charge in [0.1, 0.15) is 48.8 Å². The molecule has 0 spiro atoms. The molecule has 0 aromatic carbocycles. The number of aliphatic hydroxyl groups excluding tert-OH is 6. The highest BCUT2D eigenvalue weighted by Crippen LogP contribution is 2.29. The second kappa shape index (κ2) is 8.87. The van der Waals surface area contributed by atoms with E-state index in [9.17, 15) is 35.4 Å². The first-order valence-corrected chi connectivity index (χ1v) is 8.38. The summed E-state index contributed by atoms with van der Waals surface area (Å²) in [4.78, 5) is 11.4. The average molecular weight is 381 g/mol. The summed E-state index contributed by atoms with van der Waals surface area (Å²) >= 11 is 0. The zero-order valence-corrected chi connectivity index (χ0v) is 14.5. The predicted octanol–water partition coefficient (Wildman–Crippen LogP) is -4.18. The summed E-state index contributed by atoms with van der Waals surface area (Å²) in [5, 5.41) is 61.4. The normalized spacial score (nSPS) is 46.8. The lowest BCUT2D eigenvalue weighted by Gasteiger charge is -2.46. The molecule has 0 aliphatic carbocycles. The molecule has 0 saturated carbocycles. The maximum Gasteiger partial charge on any atom is 0.217 e. The van der Waals surface area contributed by atoms with Crippen LogP contribution < -0.4 is 5.32 Å². The van der Waals surface area contributed by atoms with E-state index >= 15 is 0 Å². The third-order valence-electron chi connectivity index (χ3n) is 4.64. The van der Waals surface area contributed by atoms with Crippen LogP contribution in [0.4, 0.5) is 0 Å². The van der Waals surface area contributed by atoms with Crippen LogP contribution in [-0.2, 0) is 19.0 Å². The number of ether oxygens (including phenoxy) is 3. The van der Waals surface area contributed by atoms with Gasteiger partial charge in [-0.1, -0.05) is 0 Å². The van der Waals surface area contributed by atoms with E-state index in [2.05, 4.69) is 5.32 Å². The maximum absolute atomic E-state index is 11.4. The van der Waals surface area contributed by atoms with Gasteiger partial charge < -0.3 is 50.2 Å². The fraction of sp³-hybridized carbons (Fsp3) is 0.933. The molecule has 0 aromatic heterocycles. The minimum absolute atomic E-state index is 0.499. The molecule has 7 N–H and O–H groups in total. The Bertz CT molecular complexity index is 479. The number of carbonyl (C=O) groups is 1. The van der Waals surface area contributed by atoms with Gasteiger partial charge in [0.15, 0.2) is 6.29 Å². The lowest BCUT2D eigenvalue weighted by molar-refractivity contribution is -0.320. The number of amides is 1. The summed E-state index contributed by atoms with van der Waals surface area (Å²) in [5.41, 5.74) is 0. The molecule has 26 heavy (non-hydrogen) atoms. The van der Waals surface area contributed by atoms with Crippen molar-refractivity contribution in [2.24, 2.45) is 0 Å². The van der Waals surface area contributed by atoms with E-state index in [-0.39, 0.29) is 0 Å². The van der Waals surface area contributed by atoms with Gasteiger partial charge in [-0.3, -0.25) is 4.79 Å². The van der Waals surface area contributed by atoms with Gasteiger partial charge in [0.2, 0.25) is 5.91 Å². The Morgan fingerprint density at radius 2 is 1.50 bits per heavy atom. The number of hydrogen-bond acceptors (Lipinski definition) is 10. The Hall–Kier alpha value is -0.890. The smallest absolute Gasteiger partial charge is 0.217 e. The Morgan fingerprint density at radius 3 is 2.04 bits per heavy atom. The Kier molecular flexibility index (Phi) is 7.30. The first-order chi connectivity index (χ1) is 12.2. The Labute approximate surface area is 150 Å². The molecule has 2 heterocycles. The van der Waals surface area contributed by atoms with E-state index in [1.54, 1.807) is 6.92 Å². The number of nitrogens with one attached hydrogen (secondary N) is 1. The van der Waals surface area contributed by atoms with Crippen LogP contribution in [0.3, 0.4) is 0 Å². The van der Waals surface area contributed by atoms with E-state index in [1.165, 1.54) is 6.92 Å². The minimum Gasteiger partial charge on any atom is -0.394 e. The summed E-state index contributed by atoms with van der Waals surface area (Å²) in [6.07, 6.45) is -11.2. The highest BCUT2D eigenvalue weighted by Gasteiger charge is 2.50. The summed E-state index contributed by atoms with van der Waals surface area (Å²) in [5.74, 6) is -0.519. The van der Waals surface area contributed by atoms with Gasteiger partial charge in [0.25, 0.3) is 0 Å². The van der Waals surface area contributed by atoms with Crippen molar-refractivity contribution in [3.8, 4) is 0 Å². The molecule has 11 nitrogen and oxygen atoms in total. The zero-order chi connectivity index (χ0) is 19.6.